The summed E-state index contributed by atoms with van der Waals surface area (Å²) in [7, 11) is 3.91. The first-order valence-corrected chi connectivity index (χ1v) is 7.01. The molecule has 2 heterocycles. The lowest BCUT2D eigenvalue weighted by atomic mass is 10.1. The van der Waals surface area contributed by atoms with E-state index in [0.29, 0.717) is 0 Å². The second kappa shape index (κ2) is 5.85. The van der Waals surface area contributed by atoms with Gasteiger partial charge in [-0.15, -0.1) is 0 Å². The molecule has 0 radical (unpaired) electrons. The molecule has 2 aromatic heterocycles. The number of nitrogens with zero attached hydrogens (tertiary/aromatic N) is 4. The number of aromatic nitrogens is 4. The molecule has 3 N–H and O–H groups in total. The van der Waals surface area contributed by atoms with Crippen LogP contribution in [0, 0.1) is 0 Å². The zero-order chi connectivity index (χ0) is 14.0. The van der Waals surface area contributed by atoms with Crippen molar-refractivity contribution in [3.63, 3.8) is 0 Å². The molecule has 0 aromatic carbocycles. The summed E-state index contributed by atoms with van der Waals surface area (Å²) in [6.07, 6.45) is 5.31. The highest BCUT2D eigenvalue weighted by atomic mass is 79.9. The number of imidazole rings is 1. The van der Waals surface area contributed by atoms with Crippen LogP contribution in [0.5, 0.6) is 0 Å². The van der Waals surface area contributed by atoms with Crippen LogP contribution in [0.15, 0.2) is 16.9 Å². The van der Waals surface area contributed by atoms with Crippen LogP contribution in [0.3, 0.4) is 0 Å². The number of hydrogen-bond acceptors (Lipinski definition) is 4. The number of nitrogens with one attached hydrogen (secondary N) is 1. The highest BCUT2D eigenvalue weighted by molar-refractivity contribution is 9.10. The molecule has 7 heteroatoms. The molecule has 0 saturated carbocycles. The van der Waals surface area contributed by atoms with E-state index in [1.165, 1.54) is 0 Å². The monoisotopic (exact) mass is 326 g/mol. The van der Waals surface area contributed by atoms with E-state index >= 15 is 0 Å². The van der Waals surface area contributed by atoms with Crippen molar-refractivity contribution in [2.24, 2.45) is 19.9 Å². The number of hydrogen-bond donors (Lipinski definition) is 2. The highest BCUT2D eigenvalue weighted by Gasteiger charge is 2.20. The Morgan fingerprint density at radius 1 is 1.47 bits per heavy atom. The van der Waals surface area contributed by atoms with E-state index in [2.05, 4.69) is 38.4 Å². The Balaban J connectivity index is 2.29. The molecule has 6 nitrogen and oxygen atoms in total. The second-order valence-electron chi connectivity index (χ2n) is 4.50. The van der Waals surface area contributed by atoms with Crippen molar-refractivity contribution in [1.82, 2.24) is 24.8 Å². The van der Waals surface area contributed by atoms with E-state index in [1.807, 2.05) is 29.5 Å². The molecular weight excluding hydrogens is 308 g/mol. The lowest BCUT2D eigenvalue weighted by Crippen LogP contribution is -2.32. The van der Waals surface area contributed by atoms with E-state index < -0.39 is 0 Å². The largest absolute Gasteiger partial charge is 0.337 e. The van der Waals surface area contributed by atoms with Gasteiger partial charge in [0.25, 0.3) is 0 Å². The Hall–Kier alpha value is -1.18. The SMILES string of the molecule is CCc1nn(C)c(CC(NN)c2nccn2C)c1Br. The minimum Gasteiger partial charge on any atom is -0.337 e. The van der Waals surface area contributed by atoms with Crippen LogP contribution in [-0.2, 0) is 26.9 Å². The Morgan fingerprint density at radius 2 is 2.21 bits per heavy atom. The lowest BCUT2D eigenvalue weighted by molar-refractivity contribution is 0.491. The van der Waals surface area contributed by atoms with E-state index in [0.717, 1.165) is 34.5 Å². The third-order valence-corrected chi connectivity index (χ3v) is 4.19. The van der Waals surface area contributed by atoms with Crippen molar-refractivity contribution in [3.8, 4) is 0 Å². The standard InChI is InChI=1S/C12H19BrN6/c1-4-8-11(13)10(19(3)17-8)7-9(16-14)12-15-5-6-18(12)2/h5-6,9,16H,4,7,14H2,1-3H3. The molecule has 0 saturated heterocycles. The first-order chi connectivity index (χ1) is 9.08. The van der Waals surface area contributed by atoms with Crippen molar-refractivity contribution in [1.29, 1.82) is 0 Å². The summed E-state index contributed by atoms with van der Waals surface area (Å²) in [6, 6.07) is -0.0450. The molecule has 0 aliphatic carbocycles. The van der Waals surface area contributed by atoms with Gasteiger partial charge in [0.05, 0.1) is 21.9 Å². The summed E-state index contributed by atoms with van der Waals surface area (Å²) in [5.74, 6) is 6.58. The highest BCUT2D eigenvalue weighted by Crippen LogP contribution is 2.25. The summed E-state index contributed by atoms with van der Waals surface area (Å²) >= 11 is 3.62. The van der Waals surface area contributed by atoms with Gasteiger partial charge in [-0.05, 0) is 22.4 Å². The van der Waals surface area contributed by atoms with Crippen LogP contribution >= 0.6 is 15.9 Å². The van der Waals surface area contributed by atoms with Gasteiger partial charge >= 0.3 is 0 Å². The molecule has 0 aliphatic rings. The van der Waals surface area contributed by atoms with Crippen LogP contribution in [0.1, 0.15) is 30.2 Å². The van der Waals surface area contributed by atoms with E-state index in [4.69, 9.17) is 5.84 Å². The van der Waals surface area contributed by atoms with Crippen LogP contribution < -0.4 is 11.3 Å². The number of nitrogens with two attached hydrogens (primary N) is 1. The van der Waals surface area contributed by atoms with E-state index in [9.17, 15) is 0 Å². The predicted molar refractivity (Wildman–Crippen MR) is 77.3 cm³/mol. The minimum absolute atomic E-state index is 0.0450. The summed E-state index contributed by atoms with van der Waals surface area (Å²) in [5.41, 5.74) is 5.01. The lowest BCUT2D eigenvalue weighted by Gasteiger charge is -2.16. The first kappa shape index (κ1) is 14.2. The Labute approximate surface area is 121 Å². The van der Waals surface area contributed by atoms with Crippen molar-refractivity contribution in [2.45, 2.75) is 25.8 Å². The van der Waals surface area contributed by atoms with Gasteiger partial charge in [-0.1, -0.05) is 6.92 Å². The Bertz CT molecular complexity index is 559. The smallest absolute Gasteiger partial charge is 0.127 e. The van der Waals surface area contributed by atoms with Crippen molar-refractivity contribution in [2.75, 3.05) is 0 Å². The Morgan fingerprint density at radius 3 is 2.68 bits per heavy atom. The average molecular weight is 327 g/mol. The number of hydrazine groups is 1. The van der Waals surface area contributed by atoms with Gasteiger partial charge in [-0.3, -0.25) is 10.5 Å². The fourth-order valence-corrected chi connectivity index (χ4v) is 2.95. The maximum atomic E-state index is 5.67. The van der Waals surface area contributed by atoms with Gasteiger partial charge < -0.3 is 4.57 Å². The van der Waals surface area contributed by atoms with Gasteiger partial charge in [0, 0.05) is 32.9 Å². The van der Waals surface area contributed by atoms with Gasteiger partial charge in [0.2, 0.25) is 0 Å². The second-order valence-corrected chi connectivity index (χ2v) is 5.30. The van der Waals surface area contributed by atoms with Gasteiger partial charge in [-0.25, -0.2) is 10.4 Å². The maximum absolute atomic E-state index is 5.67. The third kappa shape index (κ3) is 2.72. The van der Waals surface area contributed by atoms with Gasteiger partial charge in [0.15, 0.2) is 0 Å². The maximum Gasteiger partial charge on any atom is 0.127 e. The van der Waals surface area contributed by atoms with Crippen molar-refractivity contribution < 1.29 is 0 Å². The fourth-order valence-electron chi connectivity index (χ4n) is 2.17. The summed E-state index contributed by atoms with van der Waals surface area (Å²) in [6.45, 7) is 2.09. The topological polar surface area (TPSA) is 73.7 Å². The van der Waals surface area contributed by atoms with E-state index in [-0.39, 0.29) is 6.04 Å². The molecular formula is C12H19BrN6. The summed E-state index contributed by atoms with van der Waals surface area (Å²) < 4.78 is 4.93. The molecule has 2 aromatic rings. The van der Waals surface area contributed by atoms with Crippen LogP contribution in [0.4, 0.5) is 0 Å². The molecule has 19 heavy (non-hydrogen) atoms. The minimum atomic E-state index is -0.0450. The molecule has 104 valence electrons. The fraction of sp³-hybridized carbons (Fsp3) is 0.500. The molecule has 1 unspecified atom stereocenters. The number of aryl methyl sites for hydroxylation is 3. The third-order valence-electron chi connectivity index (χ3n) is 3.27. The molecule has 0 fully saturated rings. The normalized spacial score (nSPS) is 12.9. The predicted octanol–water partition coefficient (Wildman–Crippen LogP) is 1.23. The van der Waals surface area contributed by atoms with Crippen molar-refractivity contribution >= 4 is 15.9 Å². The molecule has 2 rings (SSSR count). The molecule has 0 bridgehead atoms. The number of halogens is 1. The molecule has 1 atom stereocenters. The van der Waals surface area contributed by atoms with Crippen LogP contribution in [0.25, 0.3) is 0 Å². The summed E-state index contributed by atoms with van der Waals surface area (Å²) in [5, 5.41) is 4.49. The summed E-state index contributed by atoms with van der Waals surface area (Å²) in [4.78, 5) is 4.34. The van der Waals surface area contributed by atoms with Gasteiger partial charge in [0.1, 0.15) is 5.82 Å². The zero-order valence-corrected chi connectivity index (χ0v) is 13.0. The van der Waals surface area contributed by atoms with E-state index in [1.54, 1.807) is 6.20 Å². The van der Waals surface area contributed by atoms with Crippen molar-refractivity contribution in [3.05, 3.63) is 34.1 Å². The van der Waals surface area contributed by atoms with Gasteiger partial charge in [-0.2, -0.15) is 5.10 Å². The number of rotatable bonds is 5. The van der Waals surface area contributed by atoms with Crippen LogP contribution in [-0.4, -0.2) is 19.3 Å². The first-order valence-electron chi connectivity index (χ1n) is 6.22. The molecule has 0 aliphatic heterocycles. The molecule has 0 amide bonds. The van der Waals surface area contributed by atoms with Crippen LogP contribution in [0.2, 0.25) is 0 Å². The molecule has 0 spiro atoms. The quantitative estimate of drug-likeness (QED) is 0.640. The average Bonchev–Trinajstić information content (AvgIpc) is 2.93. The Kier molecular flexibility index (Phi) is 4.38. The zero-order valence-electron chi connectivity index (χ0n) is 11.4.